The maximum Gasteiger partial charge on any atom is 0.0639 e. The third-order valence-electron chi connectivity index (χ3n) is 1.73. The summed E-state index contributed by atoms with van der Waals surface area (Å²) in [7, 11) is 0. The Morgan fingerprint density at radius 2 is 1.83 bits per heavy atom. The summed E-state index contributed by atoms with van der Waals surface area (Å²) in [5.41, 5.74) is 2.38. The minimum Gasteiger partial charge on any atom is -0.115 e. The van der Waals surface area contributed by atoms with Crippen molar-refractivity contribution >= 4 is 27.5 Å². The fourth-order valence-corrected chi connectivity index (χ4v) is 1.80. The van der Waals surface area contributed by atoms with E-state index < -0.39 is 0 Å². The van der Waals surface area contributed by atoms with E-state index >= 15 is 0 Å². The van der Waals surface area contributed by atoms with Gasteiger partial charge in [-0.1, -0.05) is 22.0 Å². The first-order valence-electron chi connectivity index (χ1n) is 3.86. The molecule has 0 saturated carbocycles. The molecule has 66 valence electrons. The second kappa shape index (κ2) is 3.39. The summed E-state index contributed by atoms with van der Waals surface area (Å²) in [4.78, 5) is -0.283. The fraction of sp³-hybridized carbons (Fsp3) is 0.400. The molecule has 0 aromatic heterocycles. The molecule has 0 unspecified atom stereocenters. The van der Waals surface area contributed by atoms with Crippen LogP contribution in [-0.4, -0.2) is 0 Å². The normalized spacial score (nSPS) is 11.8. The summed E-state index contributed by atoms with van der Waals surface area (Å²) in [5, 5.41) is 0. The first kappa shape index (κ1) is 10.1. The van der Waals surface area contributed by atoms with Crippen molar-refractivity contribution in [3.05, 3.63) is 33.8 Å². The molecule has 0 nitrogen and oxygen atoms in total. The third-order valence-corrected chi connectivity index (χ3v) is 2.40. The van der Waals surface area contributed by atoms with Crippen molar-refractivity contribution in [2.45, 2.75) is 25.6 Å². The van der Waals surface area contributed by atoms with Crippen LogP contribution in [0.4, 0.5) is 0 Å². The number of halogens is 2. The Kier molecular flexibility index (Phi) is 2.84. The number of aryl methyl sites for hydroxylation is 1. The SMILES string of the molecule is Cc1cc(Br)cc(C(C)(C)Cl)c1. The highest BCUT2D eigenvalue weighted by Crippen LogP contribution is 2.30. The molecule has 0 atom stereocenters. The highest BCUT2D eigenvalue weighted by Gasteiger charge is 2.16. The highest BCUT2D eigenvalue weighted by molar-refractivity contribution is 9.10. The second-order valence-electron chi connectivity index (χ2n) is 3.49. The first-order valence-corrected chi connectivity index (χ1v) is 5.03. The molecule has 0 bridgehead atoms. The minimum atomic E-state index is -0.283. The lowest BCUT2D eigenvalue weighted by Crippen LogP contribution is -2.07. The molecule has 0 amide bonds. The Bertz CT molecular complexity index is 266. The van der Waals surface area contributed by atoms with Crippen LogP contribution in [0, 0.1) is 6.92 Å². The predicted octanol–water partition coefficient (Wildman–Crippen LogP) is 4.23. The molecule has 0 aliphatic rings. The van der Waals surface area contributed by atoms with Gasteiger partial charge in [-0.15, -0.1) is 11.6 Å². The van der Waals surface area contributed by atoms with E-state index in [2.05, 4.69) is 41.1 Å². The van der Waals surface area contributed by atoms with Crippen LogP contribution in [0.5, 0.6) is 0 Å². The highest BCUT2D eigenvalue weighted by atomic mass is 79.9. The van der Waals surface area contributed by atoms with Crippen molar-refractivity contribution in [2.24, 2.45) is 0 Å². The van der Waals surface area contributed by atoms with Gasteiger partial charge in [0.05, 0.1) is 4.87 Å². The molecule has 0 saturated heterocycles. The number of alkyl halides is 1. The Hall–Kier alpha value is -0.0100. The van der Waals surface area contributed by atoms with Gasteiger partial charge in [0.15, 0.2) is 0 Å². The van der Waals surface area contributed by atoms with Crippen LogP contribution in [0.2, 0.25) is 0 Å². The standard InChI is InChI=1S/C10H12BrCl/c1-7-4-8(10(2,3)12)6-9(11)5-7/h4-6H,1-3H3. The zero-order valence-electron chi connectivity index (χ0n) is 7.49. The molecule has 0 aliphatic carbocycles. The van der Waals surface area contributed by atoms with Crippen molar-refractivity contribution in [1.29, 1.82) is 0 Å². The summed E-state index contributed by atoms with van der Waals surface area (Å²) in [6.45, 7) is 6.06. The zero-order valence-corrected chi connectivity index (χ0v) is 9.83. The molecule has 0 aliphatic heterocycles. The average molecular weight is 248 g/mol. The van der Waals surface area contributed by atoms with Crippen molar-refractivity contribution < 1.29 is 0 Å². The van der Waals surface area contributed by atoms with E-state index in [0.717, 1.165) is 10.0 Å². The van der Waals surface area contributed by atoms with Crippen LogP contribution in [0.15, 0.2) is 22.7 Å². The topological polar surface area (TPSA) is 0 Å². The van der Waals surface area contributed by atoms with Crippen LogP contribution >= 0.6 is 27.5 Å². The van der Waals surface area contributed by atoms with Crippen LogP contribution in [0.25, 0.3) is 0 Å². The van der Waals surface area contributed by atoms with E-state index in [1.807, 2.05) is 13.8 Å². The molecular formula is C10H12BrCl. The Morgan fingerprint density at radius 3 is 2.25 bits per heavy atom. The summed E-state index contributed by atoms with van der Waals surface area (Å²) in [6.07, 6.45) is 0. The van der Waals surface area contributed by atoms with Crippen LogP contribution in [0.1, 0.15) is 25.0 Å². The van der Waals surface area contributed by atoms with Crippen molar-refractivity contribution in [3.63, 3.8) is 0 Å². The lowest BCUT2D eigenvalue weighted by atomic mass is 10.0. The van der Waals surface area contributed by atoms with Gasteiger partial charge in [-0.05, 0) is 44.0 Å². The van der Waals surface area contributed by atoms with E-state index in [9.17, 15) is 0 Å². The lowest BCUT2D eigenvalue weighted by molar-refractivity contribution is 0.764. The summed E-state index contributed by atoms with van der Waals surface area (Å²) in [6, 6.07) is 6.24. The largest absolute Gasteiger partial charge is 0.115 e. The van der Waals surface area contributed by atoms with E-state index in [1.165, 1.54) is 5.56 Å². The number of hydrogen-bond acceptors (Lipinski definition) is 0. The maximum absolute atomic E-state index is 6.18. The summed E-state index contributed by atoms with van der Waals surface area (Å²) >= 11 is 9.63. The van der Waals surface area contributed by atoms with Gasteiger partial charge in [-0.3, -0.25) is 0 Å². The molecular weight excluding hydrogens is 235 g/mol. The number of hydrogen-bond donors (Lipinski definition) is 0. The van der Waals surface area contributed by atoms with Crippen LogP contribution in [0.3, 0.4) is 0 Å². The average Bonchev–Trinajstić information content (AvgIpc) is 1.82. The van der Waals surface area contributed by atoms with Gasteiger partial charge in [0, 0.05) is 4.47 Å². The summed E-state index contributed by atoms with van der Waals surface area (Å²) in [5.74, 6) is 0. The van der Waals surface area contributed by atoms with Gasteiger partial charge in [-0.2, -0.15) is 0 Å². The minimum absolute atomic E-state index is 0.283. The molecule has 0 spiro atoms. The fourth-order valence-electron chi connectivity index (χ4n) is 1.08. The number of benzene rings is 1. The molecule has 12 heavy (non-hydrogen) atoms. The zero-order chi connectivity index (χ0) is 9.35. The second-order valence-corrected chi connectivity index (χ2v) is 5.35. The molecule has 0 N–H and O–H groups in total. The lowest BCUT2D eigenvalue weighted by Gasteiger charge is -2.17. The quantitative estimate of drug-likeness (QED) is 0.652. The first-order chi connectivity index (χ1) is 5.39. The predicted molar refractivity (Wildman–Crippen MR) is 57.8 cm³/mol. The molecule has 2 heteroatoms. The van der Waals surface area contributed by atoms with E-state index in [1.54, 1.807) is 0 Å². The van der Waals surface area contributed by atoms with Gasteiger partial charge < -0.3 is 0 Å². The molecule has 1 aromatic rings. The molecule has 0 heterocycles. The molecule has 0 radical (unpaired) electrons. The van der Waals surface area contributed by atoms with Gasteiger partial charge in [0.2, 0.25) is 0 Å². The Balaban J connectivity index is 3.18. The van der Waals surface area contributed by atoms with Gasteiger partial charge in [0.25, 0.3) is 0 Å². The van der Waals surface area contributed by atoms with Crippen molar-refractivity contribution in [3.8, 4) is 0 Å². The van der Waals surface area contributed by atoms with Gasteiger partial charge in [-0.25, -0.2) is 0 Å². The van der Waals surface area contributed by atoms with Crippen LogP contribution < -0.4 is 0 Å². The summed E-state index contributed by atoms with van der Waals surface area (Å²) < 4.78 is 1.09. The Morgan fingerprint density at radius 1 is 1.25 bits per heavy atom. The van der Waals surface area contributed by atoms with E-state index in [-0.39, 0.29) is 4.87 Å². The third kappa shape index (κ3) is 2.49. The maximum atomic E-state index is 6.18. The van der Waals surface area contributed by atoms with Crippen molar-refractivity contribution in [1.82, 2.24) is 0 Å². The molecule has 0 fully saturated rings. The van der Waals surface area contributed by atoms with Crippen LogP contribution in [-0.2, 0) is 4.87 Å². The Labute approximate surface area is 87.1 Å². The molecule has 1 rings (SSSR count). The monoisotopic (exact) mass is 246 g/mol. The smallest absolute Gasteiger partial charge is 0.0639 e. The van der Waals surface area contributed by atoms with E-state index in [4.69, 9.17) is 11.6 Å². The van der Waals surface area contributed by atoms with Gasteiger partial charge in [0.1, 0.15) is 0 Å². The van der Waals surface area contributed by atoms with Gasteiger partial charge >= 0.3 is 0 Å². The number of rotatable bonds is 1. The van der Waals surface area contributed by atoms with E-state index in [0.29, 0.717) is 0 Å². The van der Waals surface area contributed by atoms with Crippen molar-refractivity contribution in [2.75, 3.05) is 0 Å². The molecule has 1 aromatic carbocycles.